The fourth-order valence-electron chi connectivity index (χ4n) is 1.93. The number of aliphatic carboxylic acids is 1. The fraction of sp³-hybridized carbons (Fsp3) is 0.462. The molecule has 5 heteroatoms. The minimum absolute atomic E-state index is 0.410. The van der Waals surface area contributed by atoms with Crippen molar-refractivity contribution < 1.29 is 9.90 Å². The minimum Gasteiger partial charge on any atom is -0.480 e. The Kier molecular flexibility index (Phi) is 5.76. The van der Waals surface area contributed by atoms with Gasteiger partial charge in [0.15, 0.2) is 0 Å². The Labute approximate surface area is 117 Å². The molecule has 1 rings (SSSR count). The van der Waals surface area contributed by atoms with Crippen molar-refractivity contribution in [2.24, 2.45) is 0 Å². The van der Waals surface area contributed by atoms with Gasteiger partial charge in [0, 0.05) is 6.54 Å². The summed E-state index contributed by atoms with van der Waals surface area (Å²) in [6, 6.07) is 4.69. The lowest BCUT2D eigenvalue weighted by Crippen LogP contribution is -2.41. The van der Waals surface area contributed by atoms with E-state index in [1.807, 2.05) is 13.8 Å². The molecule has 1 aromatic rings. The summed E-state index contributed by atoms with van der Waals surface area (Å²) in [7, 11) is 0. The number of hydrogen-bond acceptors (Lipinski definition) is 2. The predicted molar refractivity (Wildman–Crippen MR) is 75.8 cm³/mol. The first-order valence-electron chi connectivity index (χ1n) is 5.96. The topological polar surface area (TPSA) is 40.5 Å². The Balaban J connectivity index is 3.18. The van der Waals surface area contributed by atoms with E-state index in [2.05, 4.69) is 0 Å². The molecule has 0 heterocycles. The number of rotatable bonds is 6. The van der Waals surface area contributed by atoms with Crippen LogP contribution in [0.5, 0.6) is 0 Å². The number of anilines is 1. The summed E-state index contributed by atoms with van der Waals surface area (Å²) in [6.07, 6.45) is 1.35. The summed E-state index contributed by atoms with van der Waals surface area (Å²) >= 11 is 12.1. The monoisotopic (exact) mass is 289 g/mol. The zero-order valence-electron chi connectivity index (χ0n) is 10.5. The molecule has 0 aliphatic carbocycles. The molecule has 0 saturated carbocycles. The van der Waals surface area contributed by atoms with Crippen LogP contribution in [0.1, 0.15) is 26.7 Å². The molecule has 1 N–H and O–H groups in total. The maximum absolute atomic E-state index is 11.3. The van der Waals surface area contributed by atoms with Crippen LogP contribution in [0.4, 0.5) is 5.69 Å². The second-order valence-electron chi connectivity index (χ2n) is 4.03. The maximum atomic E-state index is 11.3. The van der Waals surface area contributed by atoms with Crippen molar-refractivity contribution >= 4 is 34.9 Å². The van der Waals surface area contributed by atoms with E-state index in [9.17, 15) is 9.90 Å². The lowest BCUT2D eigenvalue weighted by molar-refractivity contribution is -0.138. The van der Waals surface area contributed by atoms with E-state index in [1.54, 1.807) is 23.1 Å². The van der Waals surface area contributed by atoms with Gasteiger partial charge >= 0.3 is 5.97 Å². The highest BCUT2D eigenvalue weighted by Crippen LogP contribution is 2.34. The number of benzene rings is 1. The van der Waals surface area contributed by atoms with E-state index in [4.69, 9.17) is 23.2 Å². The number of carbonyl (C=O) groups is 1. The van der Waals surface area contributed by atoms with Crippen LogP contribution in [0.2, 0.25) is 10.0 Å². The van der Waals surface area contributed by atoms with E-state index < -0.39 is 12.0 Å². The van der Waals surface area contributed by atoms with Crippen LogP contribution in [-0.2, 0) is 4.79 Å². The van der Waals surface area contributed by atoms with Gasteiger partial charge in [-0.15, -0.1) is 0 Å². The molecule has 0 bridgehead atoms. The van der Waals surface area contributed by atoms with Gasteiger partial charge < -0.3 is 10.0 Å². The van der Waals surface area contributed by atoms with Gasteiger partial charge in [-0.3, -0.25) is 0 Å². The number of carboxylic acids is 1. The molecule has 0 aliphatic heterocycles. The van der Waals surface area contributed by atoms with Crippen LogP contribution in [0, 0.1) is 0 Å². The highest BCUT2D eigenvalue weighted by molar-refractivity contribution is 6.43. The predicted octanol–water partition coefficient (Wildman–Crippen LogP) is 4.07. The molecule has 0 fully saturated rings. The standard InChI is InChI=1S/C13H17Cl2NO2/c1-3-8-16(10(4-2)13(17)18)11-7-5-6-9(14)12(11)15/h5-7,10H,3-4,8H2,1-2H3,(H,17,18)/t10-/m0/s1. The van der Waals surface area contributed by atoms with Crippen LogP contribution < -0.4 is 4.90 Å². The molecule has 0 saturated heterocycles. The second-order valence-corrected chi connectivity index (χ2v) is 4.81. The molecule has 0 amide bonds. The van der Waals surface area contributed by atoms with Gasteiger partial charge in [-0.25, -0.2) is 4.79 Å². The smallest absolute Gasteiger partial charge is 0.326 e. The van der Waals surface area contributed by atoms with Crippen molar-refractivity contribution in [3.63, 3.8) is 0 Å². The molecule has 0 aromatic heterocycles. The first-order valence-corrected chi connectivity index (χ1v) is 6.71. The highest BCUT2D eigenvalue weighted by atomic mass is 35.5. The van der Waals surface area contributed by atoms with Crippen molar-refractivity contribution in [2.75, 3.05) is 11.4 Å². The summed E-state index contributed by atoms with van der Waals surface area (Å²) in [5.74, 6) is -0.845. The Morgan fingerprint density at radius 1 is 1.39 bits per heavy atom. The Morgan fingerprint density at radius 2 is 2.06 bits per heavy atom. The van der Waals surface area contributed by atoms with Crippen LogP contribution in [0.15, 0.2) is 18.2 Å². The van der Waals surface area contributed by atoms with E-state index in [0.29, 0.717) is 28.7 Å². The van der Waals surface area contributed by atoms with Gasteiger partial charge in [0.2, 0.25) is 0 Å². The molecule has 100 valence electrons. The van der Waals surface area contributed by atoms with E-state index in [1.165, 1.54) is 0 Å². The van der Waals surface area contributed by atoms with Gasteiger partial charge in [0.05, 0.1) is 15.7 Å². The second kappa shape index (κ2) is 6.86. The summed E-state index contributed by atoms with van der Waals surface area (Å²) in [5.41, 5.74) is 0.681. The van der Waals surface area contributed by atoms with Gasteiger partial charge in [-0.1, -0.05) is 43.1 Å². The zero-order chi connectivity index (χ0) is 13.7. The third kappa shape index (κ3) is 3.30. The molecule has 0 radical (unpaired) electrons. The average Bonchev–Trinajstić information content (AvgIpc) is 2.32. The number of carboxylic acid groups (broad SMARTS) is 1. The fourth-order valence-corrected chi connectivity index (χ4v) is 2.33. The van der Waals surface area contributed by atoms with Gasteiger partial charge in [-0.2, -0.15) is 0 Å². The number of hydrogen-bond donors (Lipinski definition) is 1. The molecule has 0 spiro atoms. The summed E-state index contributed by atoms with van der Waals surface area (Å²) in [6.45, 7) is 4.48. The Morgan fingerprint density at radius 3 is 2.56 bits per heavy atom. The third-order valence-corrected chi connectivity index (χ3v) is 3.56. The molecule has 3 nitrogen and oxygen atoms in total. The molecule has 0 aliphatic rings. The summed E-state index contributed by atoms with van der Waals surface area (Å²) < 4.78 is 0. The largest absolute Gasteiger partial charge is 0.480 e. The third-order valence-electron chi connectivity index (χ3n) is 2.75. The highest BCUT2D eigenvalue weighted by Gasteiger charge is 2.25. The molecular weight excluding hydrogens is 273 g/mol. The lowest BCUT2D eigenvalue weighted by Gasteiger charge is -2.31. The van der Waals surface area contributed by atoms with Gasteiger partial charge in [0.1, 0.15) is 6.04 Å². The molecule has 1 atom stereocenters. The van der Waals surface area contributed by atoms with E-state index in [0.717, 1.165) is 6.42 Å². The Bertz CT molecular complexity index is 423. The minimum atomic E-state index is -0.845. The lowest BCUT2D eigenvalue weighted by atomic mass is 10.1. The molecular formula is C13H17Cl2NO2. The van der Waals surface area contributed by atoms with Gasteiger partial charge in [0.25, 0.3) is 0 Å². The van der Waals surface area contributed by atoms with Crippen molar-refractivity contribution in [1.29, 1.82) is 0 Å². The molecule has 0 unspecified atom stereocenters. The summed E-state index contributed by atoms with van der Waals surface area (Å²) in [5, 5.41) is 10.1. The van der Waals surface area contributed by atoms with Crippen LogP contribution in [0.3, 0.4) is 0 Å². The van der Waals surface area contributed by atoms with Crippen molar-refractivity contribution in [2.45, 2.75) is 32.7 Å². The van der Waals surface area contributed by atoms with Crippen LogP contribution >= 0.6 is 23.2 Å². The molecule has 1 aromatic carbocycles. The normalized spacial score (nSPS) is 12.2. The first kappa shape index (κ1) is 15.1. The van der Waals surface area contributed by atoms with Crippen molar-refractivity contribution in [3.05, 3.63) is 28.2 Å². The average molecular weight is 290 g/mol. The molecule has 18 heavy (non-hydrogen) atoms. The van der Waals surface area contributed by atoms with Gasteiger partial charge in [-0.05, 0) is 25.0 Å². The first-order chi connectivity index (χ1) is 8.52. The number of nitrogens with zero attached hydrogens (tertiary/aromatic N) is 1. The van der Waals surface area contributed by atoms with E-state index >= 15 is 0 Å². The number of halogens is 2. The van der Waals surface area contributed by atoms with E-state index in [-0.39, 0.29) is 0 Å². The summed E-state index contributed by atoms with van der Waals surface area (Å²) in [4.78, 5) is 13.1. The van der Waals surface area contributed by atoms with Crippen LogP contribution in [0.25, 0.3) is 0 Å². The Hall–Kier alpha value is -0.930. The van der Waals surface area contributed by atoms with Crippen molar-refractivity contribution in [1.82, 2.24) is 0 Å². The zero-order valence-corrected chi connectivity index (χ0v) is 12.0. The quantitative estimate of drug-likeness (QED) is 0.858. The van der Waals surface area contributed by atoms with Crippen LogP contribution in [-0.4, -0.2) is 23.7 Å². The SMILES string of the molecule is CCCN(c1cccc(Cl)c1Cl)[C@@H](CC)C(=O)O. The van der Waals surface area contributed by atoms with Crippen molar-refractivity contribution in [3.8, 4) is 0 Å². The maximum Gasteiger partial charge on any atom is 0.326 e.